The van der Waals surface area contributed by atoms with Gasteiger partial charge in [-0.15, -0.1) is 11.3 Å². The number of nitrogens with one attached hydrogen (secondary N) is 2. The second-order valence-corrected chi connectivity index (χ2v) is 6.95. The molecule has 1 atom stereocenters. The molecular formula is C18H21N3O3S. The number of methoxy groups -OCH3 is 1. The SMILES string of the molecule is COc1ccc(N2CC(CNC(=O)NCc3cccs3)CC2=O)cc1. The topological polar surface area (TPSA) is 70.7 Å². The normalized spacial score (nSPS) is 16.8. The summed E-state index contributed by atoms with van der Waals surface area (Å²) < 4.78 is 5.14. The summed E-state index contributed by atoms with van der Waals surface area (Å²) in [4.78, 5) is 27.0. The van der Waals surface area contributed by atoms with E-state index in [2.05, 4.69) is 10.6 Å². The van der Waals surface area contributed by atoms with Crippen LogP contribution in [0.25, 0.3) is 0 Å². The number of carbonyl (C=O) groups is 2. The summed E-state index contributed by atoms with van der Waals surface area (Å²) in [5, 5.41) is 7.66. The Balaban J connectivity index is 1.46. The number of anilines is 1. The number of thiophene rings is 1. The molecule has 0 saturated carbocycles. The highest BCUT2D eigenvalue weighted by molar-refractivity contribution is 7.09. The molecule has 1 aliphatic heterocycles. The number of urea groups is 1. The summed E-state index contributed by atoms with van der Waals surface area (Å²) in [6.07, 6.45) is 0.442. The zero-order chi connectivity index (χ0) is 17.6. The molecule has 1 aromatic heterocycles. The monoisotopic (exact) mass is 359 g/mol. The molecule has 0 radical (unpaired) electrons. The van der Waals surface area contributed by atoms with Crippen LogP contribution in [-0.2, 0) is 11.3 Å². The van der Waals surface area contributed by atoms with Gasteiger partial charge < -0.3 is 20.3 Å². The molecular weight excluding hydrogens is 338 g/mol. The highest BCUT2D eigenvalue weighted by Crippen LogP contribution is 2.26. The van der Waals surface area contributed by atoms with Crippen LogP contribution in [0.4, 0.5) is 10.5 Å². The van der Waals surface area contributed by atoms with E-state index in [1.165, 1.54) is 0 Å². The third-order valence-electron chi connectivity index (χ3n) is 4.14. The fourth-order valence-electron chi connectivity index (χ4n) is 2.81. The van der Waals surface area contributed by atoms with Crippen molar-refractivity contribution in [3.05, 3.63) is 46.7 Å². The zero-order valence-corrected chi connectivity index (χ0v) is 14.8. The van der Waals surface area contributed by atoms with Crippen molar-refractivity contribution < 1.29 is 14.3 Å². The maximum Gasteiger partial charge on any atom is 0.315 e. The molecule has 1 fully saturated rings. The van der Waals surface area contributed by atoms with E-state index >= 15 is 0 Å². The van der Waals surface area contributed by atoms with Gasteiger partial charge in [-0.3, -0.25) is 4.79 Å². The van der Waals surface area contributed by atoms with Crippen molar-refractivity contribution in [3.63, 3.8) is 0 Å². The minimum absolute atomic E-state index is 0.0796. The van der Waals surface area contributed by atoms with Crippen molar-refractivity contribution in [3.8, 4) is 5.75 Å². The molecule has 1 unspecified atom stereocenters. The minimum atomic E-state index is -0.205. The molecule has 1 aliphatic rings. The van der Waals surface area contributed by atoms with Crippen molar-refractivity contribution in [1.82, 2.24) is 10.6 Å². The van der Waals surface area contributed by atoms with E-state index in [-0.39, 0.29) is 17.9 Å². The van der Waals surface area contributed by atoms with Crippen LogP contribution in [0.15, 0.2) is 41.8 Å². The first-order valence-electron chi connectivity index (χ1n) is 8.14. The van der Waals surface area contributed by atoms with Crippen LogP contribution in [0.1, 0.15) is 11.3 Å². The van der Waals surface area contributed by atoms with Gasteiger partial charge in [-0.25, -0.2) is 4.79 Å². The Hall–Kier alpha value is -2.54. The number of hydrogen-bond acceptors (Lipinski definition) is 4. The Morgan fingerprint density at radius 2 is 2.08 bits per heavy atom. The van der Waals surface area contributed by atoms with Gasteiger partial charge in [0.05, 0.1) is 13.7 Å². The van der Waals surface area contributed by atoms with E-state index in [1.807, 2.05) is 41.8 Å². The fourth-order valence-corrected chi connectivity index (χ4v) is 3.45. The number of benzene rings is 1. The van der Waals surface area contributed by atoms with Crippen LogP contribution in [0, 0.1) is 5.92 Å². The average molecular weight is 359 g/mol. The van der Waals surface area contributed by atoms with Crippen LogP contribution in [0.5, 0.6) is 5.75 Å². The predicted molar refractivity (Wildman–Crippen MR) is 98.0 cm³/mol. The molecule has 6 nitrogen and oxygen atoms in total. The standard InChI is InChI=1S/C18H21N3O3S/c1-24-15-6-4-14(5-7-15)21-12-13(9-17(21)22)10-19-18(23)20-11-16-3-2-8-25-16/h2-8,13H,9-12H2,1H3,(H2,19,20,23). The summed E-state index contributed by atoms with van der Waals surface area (Å²) in [5.41, 5.74) is 0.857. The fraction of sp³-hybridized carbons (Fsp3) is 0.333. The number of carbonyl (C=O) groups excluding carboxylic acids is 2. The summed E-state index contributed by atoms with van der Waals surface area (Å²) in [6, 6.07) is 11.2. The highest BCUT2D eigenvalue weighted by Gasteiger charge is 2.30. The van der Waals surface area contributed by atoms with E-state index in [0.29, 0.717) is 26.1 Å². The van der Waals surface area contributed by atoms with Gasteiger partial charge >= 0.3 is 6.03 Å². The Morgan fingerprint density at radius 3 is 2.76 bits per heavy atom. The average Bonchev–Trinajstić information content (AvgIpc) is 3.28. The molecule has 0 spiro atoms. The Kier molecular flexibility index (Phi) is 5.55. The molecule has 2 aromatic rings. The van der Waals surface area contributed by atoms with Gasteiger partial charge in [-0.2, -0.15) is 0 Å². The number of rotatable bonds is 6. The van der Waals surface area contributed by atoms with Crippen molar-refractivity contribution in [2.75, 3.05) is 25.1 Å². The van der Waals surface area contributed by atoms with Crippen LogP contribution in [0.2, 0.25) is 0 Å². The van der Waals surface area contributed by atoms with E-state index in [9.17, 15) is 9.59 Å². The van der Waals surface area contributed by atoms with E-state index in [1.54, 1.807) is 23.3 Å². The first kappa shape index (κ1) is 17.3. The highest BCUT2D eigenvalue weighted by atomic mass is 32.1. The molecule has 3 rings (SSSR count). The molecule has 25 heavy (non-hydrogen) atoms. The Morgan fingerprint density at radius 1 is 1.28 bits per heavy atom. The molecule has 0 bridgehead atoms. The molecule has 0 aliphatic carbocycles. The molecule has 1 saturated heterocycles. The quantitative estimate of drug-likeness (QED) is 0.833. The molecule has 7 heteroatoms. The number of nitrogens with zero attached hydrogens (tertiary/aromatic N) is 1. The van der Waals surface area contributed by atoms with Gasteiger partial charge in [0, 0.05) is 36.0 Å². The molecule has 2 N–H and O–H groups in total. The lowest BCUT2D eigenvalue weighted by Gasteiger charge is -2.17. The molecule has 3 amide bonds. The smallest absolute Gasteiger partial charge is 0.315 e. The van der Waals surface area contributed by atoms with Crippen molar-refractivity contribution >= 4 is 29.0 Å². The van der Waals surface area contributed by atoms with Gasteiger partial charge in [-0.05, 0) is 35.7 Å². The van der Waals surface area contributed by atoms with Crippen LogP contribution in [-0.4, -0.2) is 32.1 Å². The van der Waals surface area contributed by atoms with E-state index in [4.69, 9.17) is 4.74 Å². The largest absolute Gasteiger partial charge is 0.497 e. The number of amides is 3. The number of hydrogen-bond donors (Lipinski definition) is 2. The van der Waals surface area contributed by atoms with Crippen LogP contribution < -0.4 is 20.3 Å². The van der Waals surface area contributed by atoms with Gasteiger partial charge in [0.15, 0.2) is 0 Å². The molecule has 132 valence electrons. The summed E-state index contributed by atoms with van der Waals surface area (Å²) >= 11 is 1.61. The molecule has 2 heterocycles. The van der Waals surface area contributed by atoms with Gasteiger partial charge in [0.2, 0.25) is 5.91 Å². The third-order valence-corrected chi connectivity index (χ3v) is 5.02. The predicted octanol–water partition coefficient (Wildman–Crippen LogP) is 2.61. The van der Waals surface area contributed by atoms with Crippen molar-refractivity contribution in [2.24, 2.45) is 5.92 Å². The lowest BCUT2D eigenvalue weighted by molar-refractivity contribution is -0.117. The lowest BCUT2D eigenvalue weighted by atomic mass is 10.1. The second kappa shape index (κ2) is 8.02. The lowest BCUT2D eigenvalue weighted by Crippen LogP contribution is -2.38. The Labute approximate surface area is 150 Å². The first-order chi connectivity index (χ1) is 12.2. The number of ether oxygens (including phenoxy) is 1. The summed E-state index contributed by atoms with van der Waals surface area (Å²) in [5.74, 6) is 0.953. The zero-order valence-electron chi connectivity index (χ0n) is 14.0. The van der Waals surface area contributed by atoms with Gasteiger partial charge in [0.1, 0.15) is 5.75 Å². The van der Waals surface area contributed by atoms with Crippen LogP contribution >= 0.6 is 11.3 Å². The van der Waals surface area contributed by atoms with E-state index < -0.39 is 0 Å². The minimum Gasteiger partial charge on any atom is -0.497 e. The van der Waals surface area contributed by atoms with E-state index in [0.717, 1.165) is 16.3 Å². The maximum atomic E-state index is 12.2. The summed E-state index contributed by atoms with van der Waals surface area (Å²) in [7, 11) is 1.61. The Bertz CT molecular complexity index is 716. The summed E-state index contributed by atoms with van der Waals surface area (Å²) in [6.45, 7) is 1.61. The van der Waals surface area contributed by atoms with Gasteiger partial charge in [0.25, 0.3) is 0 Å². The molecule has 1 aromatic carbocycles. The first-order valence-corrected chi connectivity index (χ1v) is 9.02. The van der Waals surface area contributed by atoms with Crippen molar-refractivity contribution in [2.45, 2.75) is 13.0 Å². The van der Waals surface area contributed by atoms with Crippen LogP contribution in [0.3, 0.4) is 0 Å². The maximum absolute atomic E-state index is 12.2. The second-order valence-electron chi connectivity index (χ2n) is 5.92. The van der Waals surface area contributed by atoms with Gasteiger partial charge in [-0.1, -0.05) is 6.07 Å². The van der Waals surface area contributed by atoms with Crippen molar-refractivity contribution in [1.29, 1.82) is 0 Å². The third kappa shape index (κ3) is 4.51.